The Kier molecular flexibility index (Phi) is 9.38. The molecule has 0 spiro atoms. The van der Waals surface area contributed by atoms with Crippen LogP contribution in [-0.4, -0.2) is 35.1 Å². The molecule has 0 aromatic heterocycles. The van der Waals surface area contributed by atoms with Gasteiger partial charge in [0.2, 0.25) is 11.8 Å². The van der Waals surface area contributed by atoms with E-state index in [0.29, 0.717) is 23.9 Å². The number of halogens is 1. The first-order chi connectivity index (χ1) is 13.5. The van der Waals surface area contributed by atoms with Crippen molar-refractivity contribution < 1.29 is 9.59 Å². The second kappa shape index (κ2) is 11.8. The monoisotopic (exact) mass is 418 g/mol. The Hall–Kier alpha value is -1.98. The van der Waals surface area contributed by atoms with E-state index >= 15 is 0 Å². The van der Waals surface area contributed by atoms with E-state index in [0.717, 1.165) is 17.7 Å². The molecule has 28 heavy (non-hydrogen) atoms. The maximum atomic E-state index is 12.9. The second-order valence-electron chi connectivity index (χ2n) is 6.59. The Balaban J connectivity index is 2.03. The largest absolute Gasteiger partial charge is 0.354 e. The Morgan fingerprint density at radius 3 is 2.39 bits per heavy atom. The standard InChI is InChI=1S/C22H27ClN2O2S/c1-3-13-24-22(27)17(2)25(14-18-9-11-20(23)12-10-18)21(26)16-28-15-19-7-5-4-6-8-19/h4-12,17H,3,13-16H2,1-2H3,(H,24,27)/t17-/m0/s1. The number of hydrogen-bond donors (Lipinski definition) is 1. The highest BCUT2D eigenvalue weighted by molar-refractivity contribution is 7.99. The number of amides is 2. The Bertz CT molecular complexity index is 753. The van der Waals surface area contributed by atoms with Gasteiger partial charge >= 0.3 is 0 Å². The molecule has 1 N–H and O–H groups in total. The summed E-state index contributed by atoms with van der Waals surface area (Å²) in [6.45, 7) is 4.76. The molecule has 4 nitrogen and oxygen atoms in total. The third kappa shape index (κ3) is 7.21. The summed E-state index contributed by atoms with van der Waals surface area (Å²) < 4.78 is 0. The minimum Gasteiger partial charge on any atom is -0.354 e. The SMILES string of the molecule is CCCNC(=O)[C@H](C)N(Cc1ccc(Cl)cc1)C(=O)CSCc1ccccc1. The summed E-state index contributed by atoms with van der Waals surface area (Å²) in [7, 11) is 0. The van der Waals surface area contributed by atoms with Crippen LogP contribution in [0, 0.1) is 0 Å². The zero-order valence-electron chi connectivity index (χ0n) is 16.4. The highest BCUT2D eigenvalue weighted by atomic mass is 35.5. The molecule has 0 bridgehead atoms. The van der Waals surface area contributed by atoms with Gasteiger partial charge in [0, 0.05) is 23.9 Å². The molecule has 0 aliphatic rings. The van der Waals surface area contributed by atoms with E-state index in [2.05, 4.69) is 5.32 Å². The highest BCUT2D eigenvalue weighted by Crippen LogP contribution is 2.17. The number of carbonyl (C=O) groups is 2. The molecular formula is C22H27ClN2O2S. The number of nitrogens with zero attached hydrogens (tertiary/aromatic N) is 1. The third-order valence-corrected chi connectivity index (χ3v) is 5.56. The van der Waals surface area contributed by atoms with Crippen molar-refractivity contribution in [1.29, 1.82) is 0 Å². The Labute approximate surface area is 176 Å². The zero-order valence-corrected chi connectivity index (χ0v) is 17.9. The molecule has 0 fully saturated rings. The fourth-order valence-corrected chi connectivity index (χ4v) is 3.68. The summed E-state index contributed by atoms with van der Waals surface area (Å²) in [6.07, 6.45) is 0.858. The van der Waals surface area contributed by atoms with E-state index in [1.807, 2.05) is 49.4 Å². The van der Waals surface area contributed by atoms with Crippen LogP contribution in [0.4, 0.5) is 0 Å². The quantitative estimate of drug-likeness (QED) is 0.617. The lowest BCUT2D eigenvalue weighted by molar-refractivity contribution is -0.138. The first kappa shape index (κ1) is 22.3. The van der Waals surface area contributed by atoms with E-state index in [1.54, 1.807) is 35.7 Å². The molecule has 0 radical (unpaired) electrons. The molecule has 0 aliphatic heterocycles. The number of nitrogens with one attached hydrogen (secondary N) is 1. The van der Waals surface area contributed by atoms with Crippen molar-refractivity contribution in [2.75, 3.05) is 12.3 Å². The lowest BCUT2D eigenvalue weighted by Crippen LogP contribution is -2.48. The van der Waals surface area contributed by atoms with Crippen LogP contribution < -0.4 is 5.32 Å². The fourth-order valence-electron chi connectivity index (χ4n) is 2.68. The molecular weight excluding hydrogens is 392 g/mol. The molecule has 0 saturated heterocycles. The van der Waals surface area contributed by atoms with E-state index in [-0.39, 0.29) is 11.8 Å². The molecule has 2 aromatic rings. The molecule has 1 atom stereocenters. The van der Waals surface area contributed by atoms with Crippen molar-refractivity contribution in [2.24, 2.45) is 0 Å². The average molecular weight is 419 g/mol. The summed E-state index contributed by atoms with van der Waals surface area (Å²) in [6, 6.07) is 16.9. The van der Waals surface area contributed by atoms with Crippen LogP contribution in [0.2, 0.25) is 5.02 Å². The van der Waals surface area contributed by atoms with E-state index < -0.39 is 6.04 Å². The second-order valence-corrected chi connectivity index (χ2v) is 8.02. The van der Waals surface area contributed by atoms with Crippen LogP contribution in [0.1, 0.15) is 31.4 Å². The minimum atomic E-state index is -0.535. The summed E-state index contributed by atoms with van der Waals surface area (Å²) >= 11 is 7.52. The summed E-state index contributed by atoms with van der Waals surface area (Å²) in [5.74, 6) is 0.915. The third-order valence-electron chi connectivity index (χ3n) is 4.32. The highest BCUT2D eigenvalue weighted by Gasteiger charge is 2.25. The fraction of sp³-hybridized carbons (Fsp3) is 0.364. The summed E-state index contributed by atoms with van der Waals surface area (Å²) in [5, 5.41) is 3.53. The molecule has 0 heterocycles. The van der Waals surface area contributed by atoms with Crippen molar-refractivity contribution in [3.05, 3.63) is 70.7 Å². The van der Waals surface area contributed by atoms with Gasteiger partial charge in [0.15, 0.2) is 0 Å². The van der Waals surface area contributed by atoms with E-state index in [9.17, 15) is 9.59 Å². The van der Waals surface area contributed by atoms with E-state index in [1.165, 1.54) is 5.56 Å². The van der Waals surface area contributed by atoms with E-state index in [4.69, 9.17) is 11.6 Å². The lowest BCUT2D eigenvalue weighted by atomic mass is 10.1. The predicted molar refractivity (Wildman–Crippen MR) is 117 cm³/mol. The minimum absolute atomic E-state index is 0.0463. The normalized spacial score (nSPS) is 11.7. The maximum Gasteiger partial charge on any atom is 0.242 e. The van der Waals surface area contributed by atoms with Crippen LogP contribution in [0.3, 0.4) is 0 Å². The smallest absolute Gasteiger partial charge is 0.242 e. The van der Waals surface area contributed by atoms with Crippen molar-refractivity contribution >= 4 is 35.2 Å². The van der Waals surface area contributed by atoms with Gasteiger partial charge in [0.1, 0.15) is 6.04 Å². The molecule has 2 aromatic carbocycles. The van der Waals surface area contributed by atoms with Crippen LogP contribution in [-0.2, 0) is 21.9 Å². The lowest BCUT2D eigenvalue weighted by Gasteiger charge is -2.28. The van der Waals surface area contributed by atoms with Gasteiger partial charge < -0.3 is 10.2 Å². The first-order valence-electron chi connectivity index (χ1n) is 9.44. The van der Waals surface area contributed by atoms with Crippen LogP contribution in [0.25, 0.3) is 0 Å². The molecule has 2 amide bonds. The van der Waals surface area contributed by atoms with Crippen molar-refractivity contribution in [2.45, 2.75) is 38.6 Å². The molecule has 0 unspecified atom stereocenters. The first-order valence-corrected chi connectivity index (χ1v) is 11.0. The van der Waals surface area contributed by atoms with Gasteiger partial charge in [0.25, 0.3) is 0 Å². The zero-order chi connectivity index (χ0) is 20.4. The van der Waals surface area contributed by atoms with Crippen LogP contribution >= 0.6 is 23.4 Å². The van der Waals surface area contributed by atoms with Gasteiger partial charge in [-0.25, -0.2) is 0 Å². The number of rotatable bonds is 10. The Morgan fingerprint density at radius 1 is 1.07 bits per heavy atom. The number of thioether (sulfide) groups is 1. The van der Waals surface area contributed by atoms with Gasteiger partial charge in [-0.05, 0) is 36.6 Å². The molecule has 0 aliphatic carbocycles. The number of hydrogen-bond acceptors (Lipinski definition) is 3. The maximum absolute atomic E-state index is 12.9. The van der Waals surface area contributed by atoms with Gasteiger partial charge in [-0.3, -0.25) is 9.59 Å². The van der Waals surface area contributed by atoms with Gasteiger partial charge in [-0.15, -0.1) is 11.8 Å². The number of benzene rings is 2. The van der Waals surface area contributed by atoms with Gasteiger partial charge in [-0.1, -0.05) is 61.0 Å². The molecule has 2 rings (SSSR count). The van der Waals surface area contributed by atoms with Gasteiger partial charge in [-0.2, -0.15) is 0 Å². The Morgan fingerprint density at radius 2 is 1.75 bits per heavy atom. The van der Waals surface area contributed by atoms with Crippen molar-refractivity contribution in [3.63, 3.8) is 0 Å². The average Bonchev–Trinajstić information content (AvgIpc) is 2.71. The van der Waals surface area contributed by atoms with Crippen molar-refractivity contribution in [3.8, 4) is 0 Å². The topological polar surface area (TPSA) is 49.4 Å². The predicted octanol–water partition coefficient (Wildman–Crippen LogP) is 4.52. The summed E-state index contributed by atoms with van der Waals surface area (Å²) in [5.41, 5.74) is 2.12. The molecule has 150 valence electrons. The molecule has 6 heteroatoms. The van der Waals surface area contributed by atoms with Crippen LogP contribution in [0.5, 0.6) is 0 Å². The van der Waals surface area contributed by atoms with Gasteiger partial charge in [0.05, 0.1) is 5.75 Å². The van der Waals surface area contributed by atoms with Crippen molar-refractivity contribution in [1.82, 2.24) is 10.2 Å². The van der Waals surface area contributed by atoms with Crippen LogP contribution in [0.15, 0.2) is 54.6 Å². The molecule has 0 saturated carbocycles. The number of carbonyl (C=O) groups excluding carboxylic acids is 2. The summed E-state index contributed by atoms with van der Waals surface area (Å²) in [4.78, 5) is 27.0.